The van der Waals surface area contributed by atoms with Gasteiger partial charge in [0, 0.05) is 31.3 Å². The average Bonchev–Trinajstić information content (AvgIpc) is 2.56. The van der Waals surface area contributed by atoms with Crippen LogP contribution in [0.1, 0.15) is 28.9 Å². The molecule has 0 saturated heterocycles. The van der Waals surface area contributed by atoms with Crippen molar-refractivity contribution < 1.29 is 4.79 Å². The van der Waals surface area contributed by atoms with Gasteiger partial charge in [-0.1, -0.05) is 0 Å². The second-order valence-corrected chi connectivity index (χ2v) is 5.37. The summed E-state index contributed by atoms with van der Waals surface area (Å²) in [5.74, 6) is 0.0405. The predicted octanol–water partition coefficient (Wildman–Crippen LogP) is 1.42. The molecule has 1 rings (SSSR count). The van der Waals surface area contributed by atoms with E-state index in [0.717, 1.165) is 38.2 Å². The van der Waals surface area contributed by atoms with E-state index < -0.39 is 0 Å². The number of amides is 1. The molecule has 0 fully saturated rings. The number of hydrogen-bond acceptors (Lipinski definition) is 4. The first-order valence-electron chi connectivity index (χ1n) is 5.97. The smallest absolute Gasteiger partial charge is 0.216 e. The molecule has 0 aliphatic rings. The first-order valence-corrected chi connectivity index (χ1v) is 6.79. The maximum atomic E-state index is 10.6. The van der Waals surface area contributed by atoms with E-state index in [4.69, 9.17) is 0 Å². The molecule has 0 bridgehead atoms. The summed E-state index contributed by atoms with van der Waals surface area (Å²) >= 11 is 1.78. The van der Waals surface area contributed by atoms with E-state index in [0.29, 0.717) is 0 Å². The van der Waals surface area contributed by atoms with Crippen molar-refractivity contribution in [1.82, 2.24) is 15.6 Å². The fourth-order valence-electron chi connectivity index (χ4n) is 1.44. The first-order chi connectivity index (χ1) is 8.09. The number of carbonyl (C=O) groups is 1. The van der Waals surface area contributed by atoms with Crippen LogP contribution in [-0.2, 0) is 11.2 Å². The van der Waals surface area contributed by atoms with Gasteiger partial charge in [-0.25, -0.2) is 4.98 Å². The third-order valence-corrected chi connectivity index (χ3v) is 3.63. The van der Waals surface area contributed by atoms with Crippen LogP contribution in [0, 0.1) is 13.8 Å². The number of nitrogens with zero attached hydrogens (tertiary/aromatic N) is 1. The zero-order valence-corrected chi connectivity index (χ0v) is 11.6. The molecule has 0 atom stereocenters. The topological polar surface area (TPSA) is 54.0 Å². The molecule has 1 aromatic rings. The van der Waals surface area contributed by atoms with Gasteiger partial charge >= 0.3 is 0 Å². The van der Waals surface area contributed by atoms with Gasteiger partial charge in [-0.15, -0.1) is 11.3 Å². The van der Waals surface area contributed by atoms with E-state index in [2.05, 4.69) is 29.5 Å². The molecule has 0 aliphatic heterocycles. The first kappa shape index (κ1) is 14.1. The fraction of sp³-hybridized carbons (Fsp3) is 0.667. The van der Waals surface area contributed by atoms with Gasteiger partial charge in [-0.3, -0.25) is 4.79 Å². The molecule has 96 valence electrons. The monoisotopic (exact) mass is 255 g/mol. The summed E-state index contributed by atoms with van der Waals surface area (Å²) in [5.41, 5.74) is 1.15. The van der Waals surface area contributed by atoms with Crippen molar-refractivity contribution in [3.05, 3.63) is 15.6 Å². The summed E-state index contributed by atoms with van der Waals surface area (Å²) in [5, 5.41) is 7.33. The van der Waals surface area contributed by atoms with E-state index in [1.165, 1.54) is 9.88 Å². The van der Waals surface area contributed by atoms with Crippen LogP contribution in [0.3, 0.4) is 0 Å². The minimum atomic E-state index is 0.0405. The highest BCUT2D eigenvalue weighted by atomic mass is 32.1. The van der Waals surface area contributed by atoms with Gasteiger partial charge in [0.1, 0.15) is 0 Å². The number of nitrogens with one attached hydrogen (secondary N) is 2. The Morgan fingerprint density at radius 3 is 2.65 bits per heavy atom. The summed E-state index contributed by atoms with van der Waals surface area (Å²) in [4.78, 5) is 16.4. The van der Waals surface area contributed by atoms with E-state index in [1.54, 1.807) is 18.3 Å². The van der Waals surface area contributed by atoms with Gasteiger partial charge in [0.2, 0.25) is 5.91 Å². The average molecular weight is 255 g/mol. The summed E-state index contributed by atoms with van der Waals surface area (Å²) in [6.07, 6.45) is 1.95. The highest BCUT2D eigenvalue weighted by Gasteiger charge is 2.02. The Labute approximate surface area is 107 Å². The molecule has 5 heteroatoms. The van der Waals surface area contributed by atoms with E-state index in [9.17, 15) is 4.79 Å². The van der Waals surface area contributed by atoms with Gasteiger partial charge in [-0.05, 0) is 26.8 Å². The van der Waals surface area contributed by atoms with Crippen LogP contribution >= 0.6 is 11.3 Å². The normalized spacial score (nSPS) is 10.5. The minimum absolute atomic E-state index is 0.0405. The Bertz CT molecular complexity index is 343. The standard InChI is InChI=1S/C12H21N3OS/c1-9-10(2)17-12(15-9)5-8-13-6-4-7-14-11(3)16/h13H,4-8H2,1-3H3,(H,14,16). The van der Waals surface area contributed by atoms with Crippen molar-refractivity contribution in [2.45, 2.75) is 33.6 Å². The molecule has 0 radical (unpaired) electrons. The van der Waals surface area contributed by atoms with Crippen LogP contribution in [0.5, 0.6) is 0 Å². The molecule has 0 aliphatic carbocycles. The number of carbonyl (C=O) groups excluding carboxylic acids is 1. The molecule has 17 heavy (non-hydrogen) atoms. The largest absolute Gasteiger partial charge is 0.356 e. The number of thiazole rings is 1. The van der Waals surface area contributed by atoms with Crippen molar-refractivity contribution >= 4 is 17.2 Å². The molecular formula is C12H21N3OS. The maximum Gasteiger partial charge on any atom is 0.216 e. The number of aryl methyl sites for hydroxylation is 2. The van der Waals surface area contributed by atoms with Crippen molar-refractivity contribution in [3.63, 3.8) is 0 Å². The van der Waals surface area contributed by atoms with Gasteiger partial charge in [0.25, 0.3) is 0 Å². The Morgan fingerprint density at radius 1 is 1.29 bits per heavy atom. The van der Waals surface area contributed by atoms with Crippen LogP contribution in [-0.4, -0.2) is 30.5 Å². The molecule has 0 saturated carbocycles. The lowest BCUT2D eigenvalue weighted by molar-refractivity contribution is -0.118. The lowest BCUT2D eigenvalue weighted by Crippen LogP contribution is -2.26. The summed E-state index contributed by atoms with van der Waals surface area (Å²) in [6.45, 7) is 8.34. The van der Waals surface area contributed by atoms with Crippen LogP contribution < -0.4 is 10.6 Å². The predicted molar refractivity (Wildman–Crippen MR) is 71.5 cm³/mol. The highest BCUT2D eigenvalue weighted by molar-refractivity contribution is 7.11. The third-order valence-electron chi connectivity index (χ3n) is 2.49. The van der Waals surface area contributed by atoms with E-state index >= 15 is 0 Å². The Kier molecular flexibility index (Phi) is 6.15. The van der Waals surface area contributed by atoms with E-state index in [-0.39, 0.29) is 5.91 Å². The SMILES string of the molecule is CC(=O)NCCCNCCc1nc(C)c(C)s1. The Morgan fingerprint density at radius 2 is 2.06 bits per heavy atom. The van der Waals surface area contributed by atoms with Crippen LogP contribution in [0.25, 0.3) is 0 Å². The van der Waals surface area contributed by atoms with Crippen molar-refractivity contribution in [2.24, 2.45) is 0 Å². The maximum absolute atomic E-state index is 10.6. The van der Waals surface area contributed by atoms with Crippen molar-refractivity contribution in [1.29, 1.82) is 0 Å². The molecule has 0 unspecified atom stereocenters. The van der Waals surface area contributed by atoms with Crippen LogP contribution in [0.15, 0.2) is 0 Å². The summed E-state index contributed by atoms with van der Waals surface area (Å²) < 4.78 is 0. The lowest BCUT2D eigenvalue weighted by Gasteiger charge is -2.03. The van der Waals surface area contributed by atoms with Gasteiger partial charge in [0.15, 0.2) is 0 Å². The van der Waals surface area contributed by atoms with Crippen LogP contribution in [0.4, 0.5) is 0 Å². The van der Waals surface area contributed by atoms with Crippen LogP contribution in [0.2, 0.25) is 0 Å². The van der Waals surface area contributed by atoms with Gasteiger partial charge < -0.3 is 10.6 Å². The zero-order chi connectivity index (χ0) is 12.7. The molecule has 0 spiro atoms. The van der Waals surface area contributed by atoms with Crippen molar-refractivity contribution in [3.8, 4) is 0 Å². The second kappa shape index (κ2) is 7.40. The number of aromatic nitrogens is 1. The lowest BCUT2D eigenvalue weighted by atomic mass is 10.4. The molecule has 2 N–H and O–H groups in total. The highest BCUT2D eigenvalue weighted by Crippen LogP contribution is 2.16. The Balaban J connectivity index is 2.02. The zero-order valence-electron chi connectivity index (χ0n) is 10.8. The number of rotatable bonds is 7. The molecule has 1 amide bonds. The molecule has 4 nitrogen and oxygen atoms in total. The fourth-order valence-corrected chi connectivity index (χ4v) is 2.38. The summed E-state index contributed by atoms with van der Waals surface area (Å²) in [6, 6.07) is 0. The molecule has 1 heterocycles. The minimum Gasteiger partial charge on any atom is -0.356 e. The third kappa shape index (κ3) is 5.79. The van der Waals surface area contributed by atoms with Gasteiger partial charge in [0.05, 0.1) is 10.7 Å². The Hall–Kier alpha value is -0.940. The van der Waals surface area contributed by atoms with E-state index in [1.807, 2.05) is 0 Å². The quantitative estimate of drug-likeness (QED) is 0.725. The summed E-state index contributed by atoms with van der Waals surface area (Å²) in [7, 11) is 0. The van der Waals surface area contributed by atoms with Gasteiger partial charge in [-0.2, -0.15) is 0 Å². The molecular weight excluding hydrogens is 234 g/mol. The molecule has 0 aromatic carbocycles. The van der Waals surface area contributed by atoms with Crippen molar-refractivity contribution in [2.75, 3.05) is 19.6 Å². The second-order valence-electron chi connectivity index (χ2n) is 4.09. The number of hydrogen-bond donors (Lipinski definition) is 2. The molecule has 1 aromatic heterocycles.